The quantitative estimate of drug-likeness (QED) is 0.827. The molecule has 2 aliphatic heterocycles. The first kappa shape index (κ1) is 17.3. The number of carbonyl (C=O) groups is 1. The molecule has 2 aliphatic rings. The molecule has 0 saturated carbocycles. The van der Waals surface area contributed by atoms with Crippen molar-refractivity contribution in [1.29, 1.82) is 0 Å². The summed E-state index contributed by atoms with van der Waals surface area (Å²) in [5.41, 5.74) is 3.01. The zero-order valence-corrected chi connectivity index (χ0v) is 15.2. The summed E-state index contributed by atoms with van der Waals surface area (Å²) in [4.78, 5) is 19.0. The number of nitrogens with zero attached hydrogens (tertiary/aromatic N) is 2. The maximum atomic E-state index is 12.8. The molecule has 0 unspecified atom stereocenters. The lowest BCUT2D eigenvalue weighted by molar-refractivity contribution is 0.0238. The Morgan fingerprint density at radius 2 is 2.00 bits per heavy atom. The summed E-state index contributed by atoms with van der Waals surface area (Å²) < 4.78 is 11.2. The van der Waals surface area contributed by atoms with Crippen LogP contribution in [0.3, 0.4) is 0 Å². The van der Waals surface area contributed by atoms with E-state index in [2.05, 4.69) is 17.1 Å². The van der Waals surface area contributed by atoms with Crippen molar-refractivity contribution in [2.24, 2.45) is 0 Å². The molecule has 6 heteroatoms. The molecule has 1 aromatic carbocycles. The summed E-state index contributed by atoms with van der Waals surface area (Å²) in [6, 6.07) is 9.90. The topological polar surface area (TPSA) is 51.7 Å². The smallest absolute Gasteiger partial charge is 0.255 e. The highest BCUT2D eigenvalue weighted by Gasteiger charge is 2.23. The number of halogens is 1. The minimum absolute atomic E-state index is 0.0495. The molecule has 2 aromatic rings. The molecule has 4 rings (SSSR count). The van der Waals surface area contributed by atoms with Crippen molar-refractivity contribution in [2.45, 2.75) is 31.9 Å². The lowest BCUT2D eigenvalue weighted by atomic mass is 9.99. The molecule has 5 nitrogen and oxygen atoms in total. The van der Waals surface area contributed by atoms with Crippen LogP contribution in [0.5, 0.6) is 5.88 Å². The van der Waals surface area contributed by atoms with Crippen molar-refractivity contribution in [3.8, 4) is 5.88 Å². The maximum absolute atomic E-state index is 12.8. The van der Waals surface area contributed by atoms with Crippen LogP contribution in [-0.2, 0) is 17.7 Å². The van der Waals surface area contributed by atoms with Crippen molar-refractivity contribution in [2.75, 3.05) is 19.8 Å². The highest BCUT2D eigenvalue weighted by atomic mass is 35.5. The van der Waals surface area contributed by atoms with E-state index in [4.69, 9.17) is 21.1 Å². The fraction of sp³-hybridized carbons (Fsp3) is 0.400. The number of pyridine rings is 1. The number of aromatic nitrogens is 1. The molecule has 1 aromatic heterocycles. The second-order valence-electron chi connectivity index (χ2n) is 6.69. The summed E-state index contributed by atoms with van der Waals surface area (Å²) in [5, 5.41) is 0.375. The molecule has 0 spiro atoms. The predicted octanol–water partition coefficient (Wildman–Crippen LogP) is 3.49. The highest BCUT2D eigenvalue weighted by molar-refractivity contribution is 6.32. The average Bonchev–Trinajstić information content (AvgIpc) is 2.69. The molecule has 0 aliphatic carbocycles. The second kappa shape index (κ2) is 7.64. The van der Waals surface area contributed by atoms with Crippen LogP contribution in [0, 0.1) is 0 Å². The van der Waals surface area contributed by atoms with Gasteiger partial charge in [0.15, 0.2) is 0 Å². The Balaban J connectivity index is 1.46. The van der Waals surface area contributed by atoms with Gasteiger partial charge in [0.1, 0.15) is 11.1 Å². The average molecular weight is 373 g/mol. The van der Waals surface area contributed by atoms with Crippen molar-refractivity contribution in [1.82, 2.24) is 9.88 Å². The van der Waals surface area contributed by atoms with Gasteiger partial charge in [0.25, 0.3) is 5.91 Å². The van der Waals surface area contributed by atoms with Crippen LogP contribution in [0.4, 0.5) is 0 Å². The van der Waals surface area contributed by atoms with E-state index in [-0.39, 0.29) is 12.0 Å². The van der Waals surface area contributed by atoms with E-state index in [1.54, 1.807) is 12.3 Å². The molecule has 0 radical (unpaired) electrons. The summed E-state index contributed by atoms with van der Waals surface area (Å²) in [6.07, 6.45) is 4.14. The number of rotatable bonds is 3. The van der Waals surface area contributed by atoms with Gasteiger partial charge in [-0.05, 0) is 23.6 Å². The lowest BCUT2D eigenvalue weighted by Gasteiger charge is -2.29. The Morgan fingerprint density at radius 3 is 2.77 bits per heavy atom. The Morgan fingerprint density at radius 1 is 1.23 bits per heavy atom. The third kappa shape index (κ3) is 3.69. The zero-order valence-electron chi connectivity index (χ0n) is 14.5. The van der Waals surface area contributed by atoms with Gasteiger partial charge in [-0.1, -0.05) is 35.9 Å². The van der Waals surface area contributed by atoms with E-state index >= 15 is 0 Å². The van der Waals surface area contributed by atoms with Crippen LogP contribution >= 0.6 is 11.6 Å². The number of ether oxygens (including phenoxy) is 2. The van der Waals surface area contributed by atoms with Crippen molar-refractivity contribution < 1.29 is 14.3 Å². The van der Waals surface area contributed by atoms with E-state index in [0.29, 0.717) is 42.8 Å². The van der Waals surface area contributed by atoms with Crippen LogP contribution in [0.25, 0.3) is 0 Å². The van der Waals surface area contributed by atoms with Crippen LogP contribution in [0.15, 0.2) is 36.5 Å². The number of carbonyl (C=O) groups excluding carboxylic acids is 1. The Hall–Kier alpha value is -2.11. The van der Waals surface area contributed by atoms with Gasteiger partial charge in [-0.25, -0.2) is 4.98 Å². The molecule has 1 fully saturated rings. The van der Waals surface area contributed by atoms with Gasteiger partial charge in [0.05, 0.1) is 18.8 Å². The van der Waals surface area contributed by atoms with E-state index in [0.717, 1.165) is 19.3 Å². The Labute approximate surface area is 157 Å². The molecule has 3 heterocycles. The summed E-state index contributed by atoms with van der Waals surface area (Å²) in [5.74, 6) is 0.339. The van der Waals surface area contributed by atoms with Gasteiger partial charge in [0.2, 0.25) is 5.88 Å². The van der Waals surface area contributed by atoms with Crippen molar-refractivity contribution >= 4 is 17.5 Å². The van der Waals surface area contributed by atoms with E-state index in [1.807, 2.05) is 17.0 Å². The first-order valence-corrected chi connectivity index (χ1v) is 9.34. The number of hydrogen-bond donors (Lipinski definition) is 0. The van der Waals surface area contributed by atoms with Crippen LogP contribution in [0.1, 0.15) is 34.3 Å². The fourth-order valence-electron chi connectivity index (χ4n) is 3.43. The number of benzene rings is 1. The zero-order chi connectivity index (χ0) is 17.9. The third-order valence-corrected chi connectivity index (χ3v) is 5.19. The maximum Gasteiger partial charge on any atom is 0.255 e. The molecule has 1 saturated heterocycles. The molecule has 1 amide bonds. The normalized spacial score (nSPS) is 17.7. The van der Waals surface area contributed by atoms with Crippen LogP contribution < -0.4 is 4.74 Å². The molecule has 0 N–H and O–H groups in total. The summed E-state index contributed by atoms with van der Waals surface area (Å²) in [7, 11) is 0. The van der Waals surface area contributed by atoms with Crippen LogP contribution in [0.2, 0.25) is 5.02 Å². The Bertz CT molecular complexity index is 805. The number of hydrogen-bond acceptors (Lipinski definition) is 4. The predicted molar refractivity (Wildman–Crippen MR) is 98.6 cm³/mol. The molecule has 136 valence electrons. The molecular formula is C20H21ClN2O3. The highest BCUT2D eigenvalue weighted by Crippen LogP contribution is 2.27. The summed E-state index contributed by atoms with van der Waals surface area (Å²) in [6.45, 7) is 2.70. The molecule has 0 atom stereocenters. The minimum Gasteiger partial charge on any atom is -0.473 e. The lowest BCUT2D eigenvalue weighted by Crippen LogP contribution is -2.36. The first-order valence-electron chi connectivity index (χ1n) is 8.97. The number of fused-ring (bicyclic) bond motifs is 1. The third-order valence-electron chi connectivity index (χ3n) is 4.92. The van der Waals surface area contributed by atoms with Gasteiger partial charge in [-0.3, -0.25) is 4.79 Å². The minimum atomic E-state index is -0.0495. The second-order valence-corrected chi connectivity index (χ2v) is 7.09. The van der Waals surface area contributed by atoms with Gasteiger partial charge in [-0.2, -0.15) is 0 Å². The number of amides is 1. The van der Waals surface area contributed by atoms with Crippen molar-refractivity contribution in [3.63, 3.8) is 0 Å². The SMILES string of the molecule is O=C(c1cnc(OC2CCOCC2)c(Cl)c1)N1CCc2ccccc2C1. The van der Waals surface area contributed by atoms with Crippen molar-refractivity contribution in [3.05, 3.63) is 58.2 Å². The first-order chi connectivity index (χ1) is 12.7. The van der Waals surface area contributed by atoms with Gasteiger partial charge < -0.3 is 14.4 Å². The molecule has 26 heavy (non-hydrogen) atoms. The van der Waals surface area contributed by atoms with E-state index in [9.17, 15) is 4.79 Å². The van der Waals surface area contributed by atoms with Gasteiger partial charge >= 0.3 is 0 Å². The van der Waals surface area contributed by atoms with E-state index in [1.165, 1.54) is 11.1 Å². The largest absolute Gasteiger partial charge is 0.473 e. The fourth-order valence-corrected chi connectivity index (χ4v) is 3.64. The molecule has 0 bridgehead atoms. The Kier molecular flexibility index (Phi) is 5.09. The monoisotopic (exact) mass is 372 g/mol. The van der Waals surface area contributed by atoms with E-state index < -0.39 is 0 Å². The van der Waals surface area contributed by atoms with Crippen LogP contribution in [-0.4, -0.2) is 41.7 Å². The standard InChI is InChI=1S/C20H21ClN2O3/c21-18-11-16(12-22-19(18)26-17-6-9-25-10-7-17)20(24)23-8-5-14-3-1-2-4-15(14)13-23/h1-4,11-12,17H,5-10,13H2. The molecular weight excluding hydrogens is 352 g/mol. The summed E-state index contributed by atoms with van der Waals surface area (Å²) >= 11 is 6.32. The van der Waals surface area contributed by atoms with Gasteiger partial charge in [-0.15, -0.1) is 0 Å². The van der Waals surface area contributed by atoms with Gasteiger partial charge in [0, 0.05) is 32.1 Å².